The number of rotatable bonds is 1. The van der Waals surface area contributed by atoms with Crippen LogP contribution in [0.3, 0.4) is 0 Å². The zero-order valence-electron chi connectivity index (χ0n) is 5.90. The van der Waals surface area contributed by atoms with E-state index >= 15 is 0 Å². The number of carboxylic acids is 1. The first-order chi connectivity index (χ1) is 5.11. The van der Waals surface area contributed by atoms with Crippen molar-refractivity contribution in [2.24, 2.45) is 4.99 Å². The van der Waals surface area contributed by atoms with E-state index < -0.39 is 12.2 Å². The number of amidine groups is 1. The third-order valence-electron chi connectivity index (χ3n) is 1.28. The molecule has 0 aromatic rings. The zero-order chi connectivity index (χ0) is 8.43. The Bertz CT molecular complexity index is 244. The fourth-order valence-electron chi connectivity index (χ4n) is 0.719. The molecule has 0 fully saturated rings. The second kappa shape index (κ2) is 2.71. The summed E-state index contributed by atoms with van der Waals surface area (Å²) in [4.78, 5) is 13.9. The van der Waals surface area contributed by atoms with E-state index in [9.17, 15) is 4.79 Å². The maximum Gasteiger partial charge on any atom is 0.337 e. The molecule has 0 aromatic carbocycles. The van der Waals surface area contributed by atoms with Crippen LogP contribution in [0, 0.1) is 0 Å². The summed E-state index contributed by atoms with van der Waals surface area (Å²) in [7, 11) is 0. The number of carboxylic acid groups (broad SMARTS) is 1. The topological polar surface area (TPSA) is 81.9 Å². The first-order valence-corrected chi connectivity index (χ1v) is 3.03. The highest BCUT2D eigenvalue weighted by Crippen LogP contribution is 2.06. The van der Waals surface area contributed by atoms with Crippen molar-refractivity contribution in [3.8, 4) is 0 Å². The number of aliphatic imine (C=N–C) groups is 1. The van der Waals surface area contributed by atoms with Crippen LogP contribution in [0.15, 0.2) is 16.8 Å². The van der Waals surface area contributed by atoms with Crippen LogP contribution < -0.4 is 5.32 Å². The van der Waals surface area contributed by atoms with Gasteiger partial charge in [0.05, 0.1) is 0 Å². The number of aliphatic hydroxyl groups is 1. The van der Waals surface area contributed by atoms with Crippen LogP contribution in [0.5, 0.6) is 0 Å². The fraction of sp³-hybridized carbons (Fsp3) is 0.333. The Balaban J connectivity index is 2.80. The number of hydrogen-bond donors (Lipinski definition) is 3. The quantitative estimate of drug-likeness (QED) is 0.468. The van der Waals surface area contributed by atoms with E-state index in [1.54, 1.807) is 6.92 Å². The van der Waals surface area contributed by atoms with E-state index in [1.165, 1.54) is 6.20 Å². The number of hydrogen-bond acceptors (Lipinski definition) is 4. The van der Waals surface area contributed by atoms with Crippen molar-refractivity contribution in [3.63, 3.8) is 0 Å². The smallest absolute Gasteiger partial charge is 0.337 e. The molecule has 1 aliphatic rings. The summed E-state index contributed by atoms with van der Waals surface area (Å²) in [6.07, 6.45) is -0.0104. The van der Waals surface area contributed by atoms with Crippen molar-refractivity contribution >= 4 is 11.8 Å². The second-order valence-corrected chi connectivity index (χ2v) is 2.14. The van der Waals surface area contributed by atoms with Gasteiger partial charge in [0.1, 0.15) is 11.4 Å². The maximum atomic E-state index is 10.3. The van der Waals surface area contributed by atoms with Gasteiger partial charge in [0.15, 0.2) is 6.23 Å². The molecule has 5 nitrogen and oxygen atoms in total. The second-order valence-electron chi connectivity index (χ2n) is 2.14. The standard InChI is InChI=1S/C6H8N2O3/c1-3-7-2-4(6(10)11)5(9)8-3/h2,5,9H,1H3,(H,7,8)(H,10,11). The van der Waals surface area contributed by atoms with Crippen LogP contribution in [-0.2, 0) is 4.79 Å². The first kappa shape index (κ1) is 7.74. The molecule has 1 aliphatic heterocycles. The SMILES string of the molecule is CC1=NC(O)C(C(=O)O)=CN1. The summed E-state index contributed by atoms with van der Waals surface area (Å²) >= 11 is 0. The Morgan fingerprint density at radius 3 is 2.91 bits per heavy atom. The molecule has 1 heterocycles. The van der Waals surface area contributed by atoms with Gasteiger partial charge in [-0.2, -0.15) is 0 Å². The molecule has 3 N–H and O–H groups in total. The highest BCUT2D eigenvalue weighted by atomic mass is 16.4. The van der Waals surface area contributed by atoms with E-state index in [4.69, 9.17) is 10.2 Å². The molecule has 0 radical (unpaired) electrons. The highest BCUT2D eigenvalue weighted by molar-refractivity contribution is 5.91. The van der Waals surface area contributed by atoms with E-state index in [0.29, 0.717) is 5.84 Å². The van der Waals surface area contributed by atoms with Crippen molar-refractivity contribution in [1.82, 2.24) is 5.32 Å². The monoisotopic (exact) mass is 156 g/mol. The lowest BCUT2D eigenvalue weighted by Crippen LogP contribution is -2.28. The third kappa shape index (κ3) is 1.56. The van der Waals surface area contributed by atoms with Gasteiger partial charge in [-0.1, -0.05) is 0 Å². The molecule has 60 valence electrons. The van der Waals surface area contributed by atoms with Crippen LogP contribution >= 0.6 is 0 Å². The minimum absolute atomic E-state index is 0.143. The number of carbonyl (C=O) groups is 1. The van der Waals surface area contributed by atoms with Gasteiger partial charge >= 0.3 is 5.97 Å². The molecule has 1 rings (SSSR count). The van der Waals surface area contributed by atoms with Crippen molar-refractivity contribution in [1.29, 1.82) is 0 Å². The van der Waals surface area contributed by atoms with Crippen LogP contribution in [0.1, 0.15) is 6.92 Å². The highest BCUT2D eigenvalue weighted by Gasteiger charge is 2.19. The molecular weight excluding hydrogens is 148 g/mol. The van der Waals surface area contributed by atoms with Crippen LogP contribution in [0.2, 0.25) is 0 Å². The normalized spacial score (nSPS) is 23.3. The molecule has 5 heteroatoms. The molecule has 0 saturated carbocycles. The molecule has 0 bridgehead atoms. The minimum Gasteiger partial charge on any atom is -0.478 e. The van der Waals surface area contributed by atoms with E-state index in [1.807, 2.05) is 0 Å². The summed E-state index contributed by atoms with van der Waals surface area (Å²) in [6.45, 7) is 1.64. The molecule has 0 saturated heterocycles. The van der Waals surface area contributed by atoms with E-state index in [0.717, 1.165) is 0 Å². The fourth-order valence-corrected chi connectivity index (χ4v) is 0.719. The van der Waals surface area contributed by atoms with Crippen molar-refractivity contribution in [3.05, 3.63) is 11.8 Å². The van der Waals surface area contributed by atoms with Gasteiger partial charge in [-0.15, -0.1) is 0 Å². The molecule has 0 aliphatic carbocycles. The summed E-state index contributed by atoms with van der Waals surface area (Å²) in [6, 6.07) is 0. The Morgan fingerprint density at radius 1 is 1.82 bits per heavy atom. The molecule has 11 heavy (non-hydrogen) atoms. The summed E-state index contributed by atoms with van der Waals surface area (Å²) in [5.74, 6) is -0.663. The minimum atomic E-state index is -1.24. The summed E-state index contributed by atoms with van der Waals surface area (Å²) < 4.78 is 0. The molecule has 1 atom stereocenters. The Labute approximate surface area is 63.1 Å². The lowest BCUT2D eigenvalue weighted by molar-refractivity contribution is -0.133. The first-order valence-electron chi connectivity index (χ1n) is 3.03. The van der Waals surface area contributed by atoms with Gasteiger partial charge in [-0.25, -0.2) is 9.79 Å². The largest absolute Gasteiger partial charge is 0.478 e. The number of nitrogens with one attached hydrogen (secondary N) is 1. The van der Waals surface area contributed by atoms with Crippen molar-refractivity contribution in [2.45, 2.75) is 13.2 Å². The number of aliphatic hydroxyl groups excluding tert-OH is 1. The van der Waals surface area contributed by atoms with Gasteiger partial charge in [0, 0.05) is 6.20 Å². The molecule has 0 amide bonds. The Kier molecular flexibility index (Phi) is 1.91. The summed E-state index contributed by atoms with van der Waals surface area (Å²) in [5.41, 5.74) is -0.143. The molecule has 1 unspecified atom stereocenters. The Morgan fingerprint density at radius 2 is 2.45 bits per heavy atom. The predicted molar refractivity (Wildman–Crippen MR) is 38.0 cm³/mol. The van der Waals surface area contributed by atoms with Gasteiger partial charge in [-0.05, 0) is 6.92 Å². The zero-order valence-corrected chi connectivity index (χ0v) is 5.90. The van der Waals surface area contributed by atoms with Gasteiger partial charge in [-0.3, -0.25) is 0 Å². The third-order valence-corrected chi connectivity index (χ3v) is 1.28. The van der Waals surface area contributed by atoms with Crippen LogP contribution in [0.4, 0.5) is 0 Å². The molecule has 0 aromatic heterocycles. The lowest BCUT2D eigenvalue weighted by Gasteiger charge is -2.13. The molecular formula is C6H8N2O3. The number of aliphatic carboxylic acids is 1. The van der Waals surface area contributed by atoms with Crippen LogP contribution in [-0.4, -0.2) is 28.2 Å². The predicted octanol–water partition coefficient (Wildman–Crippen LogP) is -0.705. The average Bonchev–Trinajstić information content (AvgIpc) is 1.85. The summed E-state index contributed by atoms with van der Waals surface area (Å²) in [5, 5.41) is 20.1. The van der Waals surface area contributed by atoms with Gasteiger partial charge in [0.25, 0.3) is 0 Å². The average molecular weight is 156 g/mol. The van der Waals surface area contributed by atoms with E-state index in [2.05, 4.69) is 10.3 Å². The van der Waals surface area contributed by atoms with Gasteiger partial charge < -0.3 is 15.5 Å². The Hall–Kier alpha value is -1.36. The van der Waals surface area contributed by atoms with Crippen molar-refractivity contribution < 1.29 is 15.0 Å². The van der Waals surface area contributed by atoms with E-state index in [-0.39, 0.29) is 5.57 Å². The lowest BCUT2D eigenvalue weighted by atomic mass is 10.2. The van der Waals surface area contributed by atoms with Crippen LogP contribution in [0.25, 0.3) is 0 Å². The van der Waals surface area contributed by atoms with Crippen molar-refractivity contribution in [2.75, 3.05) is 0 Å². The maximum absolute atomic E-state index is 10.3. The van der Waals surface area contributed by atoms with Gasteiger partial charge in [0.2, 0.25) is 0 Å². The number of nitrogens with zero attached hydrogens (tertiary/aromatic N) is 1. The molecule has 0 spiro atoms.